The molecule has 0 saturated carbocycles. The number of amides is 1. The second-order valence-corrected chi connectivity index (χ2v) is 9.31. The number of halogens is 1. The Bertz CT molecular complexity index is 1100. The maximum atomic E-state index is 12.2. The highest BCUT2D eigenvalue weighted by Gasteiger charge is 2.35. The van der Waals surface area contributed by atoms with Crippen LogP contribution in [0.5, 0.6) is 5.75 Å². The minimum Gasteiger partial charge on any atom is -0.484 e. The molecule has 1 fully saturated rings. The first-order chi connectivity index (χ1) is 15.9. The fraction of sp³-hybridized carbons (Fsp3) is 0.385. The molecule has 1 aliphatic heterocycles. The van der Waals surface area contributed by atoms with Gasteiger partial charge < -0.3 is 14.8 Å². The lowest BCUT2D eigenvalue weighted by Gasteiger charge is -2.39. The van der Waals surface area contributed by atoms with Gasteiger partial charge in [-0.25, -0.2) is 0 Å². The molecule has 4 rings (SSSR count). The number of carbonyl (C=O) groups excluding carboxylic acids is 1. The van der Waals surface area contributed by atoms with Gasteiger partial charge in [-0.15, -0.1) is 0 Å². The van der Waals surface area contributed by atoms with Crippen molar-refractivity contribution in [2.75, 3.05) is 18.5 Å². The molecule has 1 N–H and O–H groups in total. The van der Waals surface area contributed by atoms with E-state index in [9.17, 15) is 4.79 Å². The van der Waals surface area contributed by atoms with Gasteiger partial charge in [-0.1, -0.05) is 55.8 Å². The molecular weight excluding hydrogens is 438 g/mol. The number of nitrogens with zero attached hydrogens (tertiary/aromatic N) is 2. The number of nitrogens with one attached hydrogen (secondary N) is 1. The quantitative estimate of drug-likeness (QED) is 0.490. The minimum absolute atomic E-state index is 0.0327. The lowest BCUT2D eigenvalue weighted by Crippen LogP contribution is -2.31. The zero-order valence-corrected chi connectivity index (χ0v) is 20.0. The summed E-state index contributed by atoms with van der Waals surface area (Å²) in [4.78, 5) is 12.2. The first-order valence-corrected chi connectivity index (χ1v) is 11.7. The second kappa shape index (κ2) is 10.4. The number of anilines is 1. The summed E-state index contributed by atoms with van der Waals surface area (Å²) >= 11 is 6.46. The zero-order chi connectivity index (χ0) is 23.4. The van der Waals surface area contributed by atoms with Crippen LogP contribution < -0.4 is 10.1 Å². The van der Waals surface area contributed by atoms with E-state index in [0.29, 0.717) is 30.0 Å². The Morgan fingerprint density at radius 2 is 2.06 bits per heavy atom. The van der Waals surface area contributed by atoms with Crippen LogP contribution in [0.1, 0.15) is 43.4 Å². The van der Waals surface area contributed by atoms with Gasteiger partial charge in [-0.05, 0) is 47.6 Å². The van der Waals surface area contributed by atoms with Crippen molar-refractivity contribution in [3.05, 3.63) is 76.9 Å². The largest absolute Gasteiger partial charge is 0.484 e. The van der Waals surface area contributed by atoms with Crippen LogP contribution in [0.25, 0.3) is 0 Å². The van der Waals surface area contributed by atoms with Gasteiger partial charge in [-0.3, -0.25) is 9.48 Å². The summed E-state index contributed by atoms with van der Waals surface area (Å²) in [6.45, 7) is 5.00. The summed E-state index contributed by atoms with van der Waals surface area (Å²) < 4.78 is 13.8. The molecule has 0 unspecified atom stereocenters. The molecular formula is C26H30ClN3O3. The van der Waals surface area contributed by atoms with Crippen LogP contribution in [0, 0.1) is 11.8 Å². The molecule has 0 spiro atoms. The van der Waals surface area contributed by atoms with Gasteiger partial charge in [0.05, 0.1) is 12.7 Å². The smallest absolute Gasteiger partial charge is 0.263 e. The van der Waals surface area contributed by atoms with Crippen molar-refractivity contribution in [1.29, 1.82) is 0 Å². The lowest BCUT2D eigenvalue weighted by molar-refractivity contribution is -0.118. The highest BCUT2D eigenvalue weighted by Crippen LogP contribution is 2.45. The molecule has 1 aromatic heterocycles. The summed E-state index contributed by atoms with van der Waals surface area (Å²) in [7, 11) is 1.80. The molecule has 1 aliphatic rings. The Morgan fingerprint density at radius 1 is 1.24 bits per heavy atom. The molecule has 33 heavy (non-hydrogen) atoms. The molecule has 2 aromatic carbocycles. The zero-order valence-electron chi connectivity index (χ0n) is 19.2. The van der Waals surface area contributed by atoms with Crippen molar-refractivity contribution >= 4 is 23.3 Å². The first-order valence-electron chi connectivity index (χ1n) is 11.3. The maximum absolute atomic E-state index is 12.2. The number of hydrogen-bond acceptors (Lipinski definition) is 4. The maximum Gasteiger partial charge on any atom is 0.263 e. The summed E-state index contributed by atoms with van der Waals surface area (Å²) in [6.07, 6.45) is 2.74. The van der Waals surface area contributed by atoms with Crippen molar-refractivity contribution in [3.63, 3.8) is 0 Å². The van der Waals surface area contributed by atoms with Crippen molar-refractivity contribution in [3.8, 4) is 5.75 Å². The predicted octanol–water partition coefficient (Wildman–Crippen LogP) is 5.61. The van der Waals surface area contributed by atoms with E-state index in [1.165, 1.54) is 0 Å². The highest BCUT2D eigenvalue weighted by atomic mass is 35.5. The van der Waals surface area contributed by atoms with E-state index in [-0.39, 0.29) is 24.5 Å². The van der Waals surface area contributed by atoms with Crippen LogP contribution in [0.3, 0.4) is 0 Å². The van der Waals surface area contributed by atoms with Crippen LogP contribution >= 0.6 is 11.6 Å². The van der Waals surface area contributed by atoms with Crippen molar-refractivity contribution in [2.24, 2.45) is 18.9 Å². The van der Waals surface area contributed by atoms with E-state index in [1.807, 2.05) is 36.4 Å². The average molecular weight is 468 g/mol. The SMILES string of the molecule is CC(C)[C@@H]1C[C@H](c2ccccc2Cl)CO[C@H]1c1cccc(OCC(=O)Nc2ccn(C)n2)c1. The van der Waals surface area contributed by atoms with Crippen molar-refractivity contribution in [2.45, 2.75) is 32.3 Å². The molecule has 1 amide bonds. The van der Waals surface area contributed by atoms with Crippen LogP contribution in [0.15, 0.2) is 60.8 Å². The third-order valence-electron chi connectivity index (χ3n) is 6.16. The molecule has 3 aromatic rings. The summed E-state index contributed by atoms with van der Waals surface area (Å²) in [5.41, 5.74) is 2.22. The van der Waals surface area contributed by atoms with Crippen molar-refractivity contribution in [1.82, 2.24) is 9.78 Å². The monoisotopic (exact) mass is 467 g/mol. The van der Waals surface area contributed by atoms with Crippen LogP contribution in [0.4, 0.5) is 5.82 Å². The van der Waals surface area contributed by atoms with Gasteiger partial charge in [0.25, 0.3) is 5.91 Å². The Balaban J connectivity index is 1.42. The summed E-state index contributed by atoms with van der Waals surface area (Å²) in [6, 6.07) is 17.6. The van der Waals surface area contributed by atoms with E-state index in [1.54, 1.807) is 24.0 Å². The third kappa shape index (κ3) is 5.75. The van der Waals surface area contributed by atoms with E-state index in [2.05, 4.69) is 36.4 Å². The number of aryl methyl sites for hydroxylation is 1. The Kier molecular flexibility index (Phi) is 7.36. The van der Waals surface area contributed by atoms with Gasteiger partial charge in [0.1, 0.15) is 5.75 Å². The number of hydrogen-bond donors (Lipinski definition) is 1. The van der Waals surface area contributed by atoms with E-state index >= 15 is 0 Å². The normalized spacial score (nSPS) is 20.6. The highest BCUT2D eigenvalue weighted by molar-refractivity contribution is 6.31. The standard InChI is InChI=1S/C26H30ClN3O3/c1-17(2)22-14-19(21-9-4-5-10-23(21)27)15-33-26(22)18-7-6-8-20(13-18)32-16-25(31)28-24-11-12-30(3)29-24/h4-13,17,19,22,26H,14-16H2,1-3H3,(H,28,29,31)/t19-,22-,26-/m0/s1. The minimum atomic E-state index is -0.254. The Labute approximate surface area is 199 Å². The molecule has 1 saturated heterocycles. The number of carbonyl (C=O) groups is 1. The molecule has 0 aliphatic carbocycles. The van der Waals surface area contributed by atoms with E-state index in [0.717, 1.165) is 22.6 Å². The molecule has 2 heterocycles. The topological polar surface area (TPSA) is 65.4 Å². The van der Waals surface area contributed by atoms with Gasteiger partial charge in [0, 0.05) is 30.3 Å². The predicted molar refractivity (Wildman–Crippen MR) is 130 cm³/mol. The Morgan fingerprint density at radius 3 is 2.79 bits per heavy atom. The molecule has 174 valence electrons. The molecule has 6 nitrogen and oxygen atoms in total. The van der Waals surface area contributed by atoms with E-state index in [4.69, 9.17) is 21.1 Å². The van der Waals surface area contributed by atoms with Gasteiger partial charge in [0.15, 0.2) is 12.4 Å². The summed E-state index contributed by atoms with van der Waals surface area (Å²) in [5, 5.41) is 7.67. The number of ether oxygens (including phenoxy) is 2. The van der Waals surface area contributed by atoms with Gasteiger partial charge >= 0.3 is 0 Å². The van der Waals surface area contributed by atoms with Gasteiger partial charge in [-0.2, -0.15) is 5.10 Å². The fourth-order valence-corrected chi connectivity index (χ4v) is 4.73. The first kappa shape index (κ1) is 23.3. The number of benzene rings is 2. The molecule has 7 heteroatoms. The van der Waals surface area contributed by atoms with Gasteiger partial charge in [0.2, 0.25) is 0 Å². The Hall–Kier alpha value is -2.83. The average Bonchev–Trinajstić information content (AvgIpc) is 3.22. The third-order valence-corrected chi connectivity index (χ3v) is 6.51. The molecule has 0 radical (unpaired) electrons. The molecule has 0 bridgehead atoms. The van der Waals surface area contributed by atoms with E-state index < -0.39 is 0 Å². The number of aromatic nitrogens is 2. The van der Waals surface area contributed by atoms with Crippen LogP contribution in [-0.2, 0) is 16.6 Å². The van der Waals surface area contributed by atoms with Crippen molar-refractivity contribution < 1.29 is 14.3 Å². The number of rotatable bonds is 7. The van der Waals surface area contributed by atoms with Crippen LogP contribution in [0.2, 0.25) is 5.02 Å². The summed E-state index contributed by atoms with van der Waals surface area (Å²) in [5.74, 6) is 1.94. The fourth-order valence-electron chi connectivity index (χ4n) is 4.44. The van der Waals surface area contributed by atoms with Crippen LogP contribution in [-0.4, -0.2) is 28.9 Å². The molecule has 3 atom stereocenters. The second-order valence-electron chi connectivity index (χ2n) is 8.90. The lowest BCUT2D eigenvalue weighted by atomic mass is 9.76.